The van der Waals surface area contributed by atoms with Gasteiger partial charge >= 0.3 is 0 Å². The Morgan fingerprint density at radius 2 is 0.714 bits per heavy atom. The predicted molar refractivity (Wildman–Crippen MR) is 125 cm³/mol. The van der Waals surface area contributed by atoms with Gasteiger partial charge in [-0.2, -0.15) is 0 Å². The van der Waals surface area contributed by atoms with Gasteiger partial charge in [0.05, 0.1) is 6.10 Å². The van der Waals surface area contributed by atoms with Crippen LogP contribution in [-0.2, 0) is 0 Å². The third-order valence-electron chi connectivity index (χ3n) is 6.09. The average molecular weight is 399 g/mol. The maximum Gasteiger partial charge on any atom is 0.0540 e. The molecule has 0 heterocycles. The monoisotopic (exact) mass is 398 g/mol. The molecule has 0 fully saturated rings. The quantitative estimate of drug-likeness (QED) is 0.160. The van der Waals surface area contributed by atoms with Gasteiger partial charge in [-0.15, -0.1) is 0 Å². The van der Waals surface area contributed by atoms with Crippen LogP contribution in [0.15, 0.2) is 0 Å². The Hall–Kier alpha value is -0.0800. The van der Waals surface area contributed by atoms with Gasteiger partial charge in [-0.05, 0) is 19.3 Å². The van der Waals surface area contributed by atoms with Crippen molar-refractivity contribution in [3.63, 3.8) is 0 Å². The Morgan fingerprint density at radius 3 is 1.04 bits per heavy atom. The molecule has 0 aliphatic heterocycles. The normalized spacial score (nSPS) is 12.5. The van der Waals surface area contributed by atoms with Crippen molar-refractivity contribution in [2.24, 2.45) is 0 Å². The molecule has 0 amide bonds. The van der Waals surface area contributed by atoms with E-state index in [2.05, 4.69) is 6.92 Å². The lowest BCUT2D eigenvalue weighted by atomic mass is 10.0. The van der Waals surface area contributed by atoms with Crippen molar-refractivity contribution in [1.29, 1.82) is 0 Å². The van der Waals surface area contributed by atoms with Gasteiger partial charge in [0.2, 0.25) is 0 Å². The molecule has 0 bridgehead atoms. The second kappa shape index (κ2) is 25.0. The molecule has 0 aliphatic rings. The largest absolute Gasteiger partial charge is 0.396 e. The van der Waals surface area contributed by atoms with Crippen molar-refractivity contribution >= 4 is 0 Å². The Morgan fingerprint density at radius 1 is 0.429 bits per heavy atom. The molecule has 0 unspecified atom stereocenters. The van der Waals surface area contributed by atoms with E-state index in [4.69, 9.17) is 5.11 Å². The first-order valence-corrected chi connectivity index (χ1v) is 13.1. The predicted octanol–water partition coefficient (Wildman–Crippen LogP) is 8.33. The van der Waals surface area contributed by atoms with E-state index < -0.39 is 0 Å². The Labute approximate surface area is 177 Å². The van der Waals surface area contributed by atoms with E-state index >= 15 is 0 Å². The number of hydrogen-bond donors (Lipinski definition) is 2. The molecule has 2 N–H and O–H groups in total. The topological polar surface area (TPSA) is 40.5 Å². The lowest BCUT2D eigenvalue weighted by Gasteiger charge is -2.10. The molecule has 2 heteroatoms. The molecule has 0 aromatic carbocycles. The zero-order valence-electron chi connectivity index (χ0n) is 19.4. The van der Waals surface area contributed by atoms with E-state index in [1.807, 2.05) is 0 Å². The van der Waals surface area contributed by atoms with Gasteiger partial charge in [0.25, 0.3) is 0 Å². The minimum Gasteiger partial charge on any atom is -0.396 e. The summed E-state index contributed by atoms with van der Waals surface area (Å²) in [5.74, 6) is 0. The minimum atomic E-state index is -0.0922. The van der Waals surface area contributed by atoms with Gasteiger partial charge in [0, 0.05) is 6.61 Å². The van der Waals surface area contributed by atoms with Gasteiger partial charge in [-0.1, -0.05) is 135 Å². The highest BCUT2D eigenvalue weighted by atomic mass is 16.3. The van der Waals surface area contributed by atoms with Crippen molar-refractivity contribution in [3.05, 3.63) is 0 Å². The summed E-state index contributed by atoms with van der Waals surface area (Å²) in [6.07, 6.45) is 30.0. The summed E-state index contributed by atoms with van der Waals surface area (Å²) in [7, 11) is 0. The summed E-state index contributed by atoms with van der Waals surface area (Å²) >= 11 is 0. The zero-order chi connectivity index (χ0) is 20.5. The summed E-state index contributed by atoms with van der Waals surface area (Å²) in [5, 5.41) is 18.7. The number of hydrogen-bond acceptors (Lipinski definition) is 2. The van der Waals surface area contributed by atoms with Crippen molar-refractivity contribution in [2.45, 2.75) is 161 Å². The molecule has 0 rings (SSSR count). The highest BCUT2D eigenvalue weighted by molar-refractivity contribution is 4.57. The van der Waals surface area contributed by atoms with Gasteiger partial charge in [-0.3, -0.25) is 0 Å². The van der Waals surface area contributed by atoms with Crippen LogP contribution in [0, 0.1) is 0 Å². The van der Waals surface area contributed by atoms with Crippen LogP contribution < -0.4 is 0 Å². The van der Waals surface area contributed by atoms with Crippen LogP contribution >= 0.6 is 0 Å². The van der Waals surface area contributed by atoms with E-state index in [0.717, 1.165) is 38.5 Å². The van der Waals surface area contributed by atoms with Gasteiger partial charge < -0.3 is 10.2 Å². The second-order valence-electron chi connectivity index (χ2n) is 9.03. The van der Waals surface area contributed by atoms with E-state index in [1.165, 1.54) is 109 Å². The maximum atomic E-state index is 9.98. The van der Waals surface area contributed by atoms with E-state index in [9.17, 15) is 5.11 Å². The van der Waals surface area contributed by atoms with Crippen LogP contribution in [0.2, 0.25) is 0 Å². The maximum absolute atomic E-state index is 9.98. The molecule has 0 aliphatic carbocycles. The molecule has 0 aromatic rings. The molecule has 1 atom stereocenters. The smallest absolute Gasteiger partial charge is 0.0540 e. The molecule has 0 radical (unpaired) electrons. The molecule has 28 heavy (non-hydrogen) atoms. The fourth-order valence-electron chi connectivity index (χ4n) is 4.09. The summed E-state index contributed by atoms with van der Waals surface area (Å²) in [5.41, 5.74) is 0. The lowest BCUT2D eigenvalue weighted by molar-refractivity contribution is 0.147. The molecule has 0 aromatic heterocycles. The number of rotatable bonds is 24. The van der Waals surface area contributed by atoms with Crippen molar-refractivity contribution in [2.75, 3.05) is 6.61 Å². The number of aliphatic hydroxyl groups excluding tert-OH is 2. The molecular weight excluding hydrogens is 344 g/mol. The van der Waals surface area contributed by atoms with Crippen molar-refractivity contribution in [3.8, 4) is 0 Å². The van der Waals surface area contributed by atoms with Gasteiger partial charge in [0.1, 0.15) is 0 Å². The standard InChI is InChI=1S/C26H54O2/c1-2-3-4-5-6-7-8-9-10-11-12-13-14-15-16-17-20-23-26(28)24-21-18-19-22-25-27/h26-28H,2-25H2,1H3/t26-/m0/s1. The fourth-order valence-corrected chi connectivity index (χ4v) is 4.09. The lowest BCUT2D eigenvalue weighted by Crippen LogP contribution is -2.06. The summed E-state index contributed by atoms with van der Waals surface area (Å²) < 4.78 is 0. The van der Waals surface area contributed by atoms with Crippen LogP contribution in [0.4, 0.5) is 0 Å². The first-order chi connectivity index (χ1) is 13.8. The molecule has 2 nitrogen and oxygen atoms in total. The Balaban J connectivity index is 3.08. The third-order valence-corrected chi connectivity index (χ3v) is 6.09. The van der Waals surface area contributed by atoms with E-state index in [-0.39, 0.29) is 6.10 Å². The van der Waals surface area contributed by atoms with Crippen LogP contribution in [0.3, 0.4) is 0 Å². The van der Waals surface area contributed by atoms with Crippen LogP contribution in [0.25, 0.3) is 0 Å². The third kappa shape index (κ3) is 24.0. The van der Waals surface area contributed by atoms with E-state index in [1.54, 1.807) is 0 Å². The second-order valence-corrected chi connectivity index (χ2v) is 9.03. The zero-order valence-corrected chi connectivity index (χ0v) is 19.4. The molecule has 0 saturated carbocycles. The Kier molecular flexibility index (Phi) is 24.9. The summed E-state index contributed by atoms with van der Waals surface area (Å²) in [6.45, 7) is 2.60. The van der Waals surface area contributed by atoms with Crippen LogP contribution in [0.1, 0.15) is 155 Å². The Bertz CT molecular complexity index is 267. The first kappa shape index (κ1) is 27.9. The SMILES string of the molecule is CCCCCCCCCCCCCCCCCCC[C@H](O)CCCCCCO. The minimum absolute atomic E-state index is 0.0922. The average Bonchev–Trinajstić information content (AvgIpc) is 2.70. The van der Waals surface area contributed by atoms with Crippen molar-refractivity contribution < 1.29 is 10.2 Å². The molecule has 0 saturated heterocycles. The number of aliphatic hydroxyl groups is 2. The summed E-state index contributed by atoms with van der Waals surface area (Å²) in [4.78, 5) is 0. The highest BCUT2D eigenvalue weighted by Gasteiger charge is 2.03. The first-order valence-electron chi connectivity index (χ1n) is 13.1. The summed E-state index contributed by atoms with van der Waals surface area (Å²) in [6, 6.07) is 0. The fraction of sp³-hybridized carbons (Fsp3) is 1.00. The van der Waals surface area contributed by atoms with Crippen LogP contribution in [0.5, 0.6) is 0 Å². The van der Waals surface area contributed by atoms with Gasteiger partial charge in [0.15, 0.2) is 0 Å². The van der Waals surface area contributed by atoms with E-state index in [0.29, 0.717) is 6.61 Å². The highest BCUT2D eigenvalue weighted by Crippen LogP contribution is 2.15. The number of unbranched alkanes of at least 4 members (excludes halogenated alkanes) is 19. The van der Waals surface area contributed by atoms with Gasteiger partial charge in [-0.25, -0.2) is 0 Å². The van der Waals surface area contributed by atoms with Crippen LogP contribution in [-0.4, -0.2) is 22.9 Å². The molecule has 0 spiro atoms. The molecular formula is C26H54O2. The molecule has 170 valence electrons. The van der Waals surface area contributed by atoms with Crippen molar-refractivity contribution in [1.82, 2.24) is 0 Å².